The third kappa shape index (κ3) is 6.92. The van der Waals surface area contributed by atoms with Gasteiger partial charge in [-0.25, -0.2) is 0 Å². The molecule has 0 aliphatic carbocycles. The fourth-order valence-electron chi connectivity index (χ4n) is 2.18. The van der Waals surface area contributed by atoms with Crippen molar-refractivity contribution in [3.63, 3.8) is 0 Å². The summed E-state index contributed by atoms with van der Waals surface area (Å²) in [5.74, 6) is 0. The molecule has 0 fully saturated rings. The zero-order valence-electron chi connectivity index (χ0n) is 13.8. The zero-order valence-corrected chi connectivity index (χ0v) is 17.7. The van der Waals surface area contributed by atoms with Crippen molar-refractivity contribution in [3.8, 4) is 0 Å². The van der Waals surface area contributed by atoms with Crippen molar-refractivity contribution in [3.05, 3.63) is 91.0 Å². The first-order chi connectivity index (χ1) is 10.9. The standard InChI is InChI=1S/C18H15P.C2H6O.H3P.Rh/c1-4-10-16(11-5-1)19(17-12-6-2-7-13-17)18-14-8-3-9-15-18;1-2-3;;/h1-15H;3H,2H2,1H3;1H3;. The van der Waals surface area contributed by atoms with Crippen LogP contribution in [0, 0.1) is 0 Å². The summed E-state index contributed by atoms with van der Waals surface area (Å²) < 4.78 is 0. The summed E-state index contributed by atoms with van der Waals surface area (Å²) in [5, 5.41) is 11.8. The number of aliphatic hydroxyl groups excluding tert-OH is 1. The molecule has 0 amide bonds. The van der Waals surface area contributed by atoms with Crippen molar-refractivity contribution in [1.82, 2.24) is 0 Å². The maximum Gasteiger partial charge on any atom is 0.0402 e. The van der Waals surface area contributed by atoms with E-state index in [-0.39, 0.29) is 36.0 Å². The summed E-state index contributed by atoms with van der Waals surface area (Å²) in [6, 6.07) is 32.3. The minimum absolute atomic E-state index is 0. The Hall–Kier alpha value is -0.897. The molecule has 3 aromatic rings. The summed E-state index contributed by atoms with van der Waals surface area (Å²) in [5.41, 5.74) is 0. The maximum atomic E-state index is 7.57. The second-order valence-corrected chi connectivity index (χ2v) is 6.88. The Labute approximate surface area is 162 Å². The van der Waals surface area contributed by atoms with Gasteiger partial charge < -0.3 is 5.11 Å². The van der Waals surface area contributed by atoms with Crippen molar-refractivity contribution >= 4 is 33.7 Å². The molecule has 0 aromatic heterocycles. The first-order valence-corrected chi connectivity index (χ1v) is 8.77. The molecule has 1 atom stereocenters. The Morgan fingerprint density at radius 1 is 0.625 bits per heavy atom. The van der Waals surface area contributed by atoms with Gasteiger partial charge in [0.2, 0.25) is 0 Å². The van der Waals surface area contributed by atoms with Gasteiger partial charge in [-0.05, 0) is 30.8 Å². The van der Waals surface area contributed by atoms with E-state index in [1.807, 2.05) is 0 Å². The summed E-state index contributed by atoms with van der Waals surface area (Å²) in [6.07, 6.45) is 0. The molecule has 0 bridgehead atoms. The van der Waals surface area contributed by atoms with Crippen LogP contribution in [0.15, 0.2) is 91.0 Å². The van der Waals surface area contributed by atoms with E-state index in [0.717, 1.165) is 0 Å². The number of aliphatic hydroxyl groups is 1. The number of hydrogen-bond donors (Lipinski definition) is 1. The van der Waals surface area contributed by atoms with Gasteiger partial charge >= 0.3 is 0 Å². The van der Waals surface area contributed by atoms with Gasteiger partial charge in [0.05, 0.1) is 0 Å². The van der Waals surface area contributed by atoms with Crippen LogP contribution in [-0.4, -0.2) is 11.7 Å². The third-order valence-electron chi connectivity index (χ3n) is 3.04. The van der Waals surface area contributed by atoms with E-state index in [9.17, 15) is 0 Å². The number of hydrogen-bond acceptors (Lipinski definition) is 1. The zero-order chi connectivity index (χ0) is 15.6. The van der Waals surface area contributed by atoms with Crippen LogP contribution < -0.4 is 15.9 Å². The molecule has 0 heterocycles. The first-order valence-electron chi connectivity index (χ1n) is 7.43. The molecule has 3 aromatic carbocycles. The van der Waals surface area contributed by atoms with Crippen LogP contribution in [0.5, 0.6) is 0 Å². The SMILES string of the molecule is CCO.P.[Rh].c1ccc(P(c2ccccc2)c2ccccc2)cc1. The fourth-order valence-corrected chi connectivity index (χ4v) is 4.48. The van der Waals surface area contributed by atoms with Crippen LogP contribution in [0.2, 0.25) is 0 Å². The second kappa shape index (κ2) is 13.4. The summed E-state index contributed by atoms with van der Waals surface area (Å²) in [4.78, 5) is 0. The van der Waals surface area contributed by atoms with Crippen LogP contribution >= 0.6 is 17.8 Å². The predicted molar refractivity (Wildman–Crippen MR) is 109 cm³/mol. The van der Waals surface area contributed by atoms with Gasteiger partial charge in [0.1, 0.15) is 0 Å². The molecule has 0 aliphatic heterocycles. The summed E-state index contributed by atoms with van der Waals surface area (Å²) in [7, 11) is -0.446. The molecule has 1 radical (unpaired) electrons. The maximum absolute atomic E-state index is 7.57. The molecule has 0 aliphatic rings. The van der Waals surface area contributed by atoms with Crippen LogP contribution in [0.3, 0.4) is 0 Å². The molecule has 3 rings (SSSR count). The minimum Gasteiger partial charge on any atom is -0.397 e. The van der Waals surface area contributed by atoms with E-state index in [1.165, 1.54) is 15.9 Å². The summed E-state index contributed by atoms with van der Waals surface area (Å²) in [6.45, 7) is 1.93. The second-order valence-electron chi connectivity index (χ2n) is 4.66. The van der Waals surface area contributed by atoms with E-state index < -0.39 is 7.92 Å². The fraction of sp³-hybridized carbons (Fsp3) is 0.100. The molecule has 24 heavy (non-hydrogen) atoms. The Bertz CT molecular complexity index is 554. The largest absolute Gasteiger partial charge is 0.397 e. The van der Waals surface area contributed by atoms with Crippen molar-refractivity contribution < 1.29 is 24.6 Å². The van der Waals surface area contributed by atoms with Crippen LogP contribution in [0.25, 0.3) is 0 Å². The quantitative estimate of drug-likeness (QED) is 0.484. The topological polar surface area (TPSA) is 20.2 Å². The van der Waals surface area contributed by atoms with E-state index >= 15 is 0 Å². The van der Waals surface area contributed by atoms with Gasteiger partial charge in [-0.2, -0.15) is 9.90 Å². The average molecular weight is 445 g/mol. The monoisotopic (exact) mass is 445 g/mol. The van der Waals surface area contributed by atoms with Crippen molar-refractivity contribution in [2.24, 2.45) is 0 Å². The van der Waals surface area contributed by atoms with E-state index in [4.69, 9.17) is 5.11 Å². The molecule has 0 spiro atoms. The average Bonchev–Trinajstić information content (AvgIpc) is 2.59. The Morgan fingerprint density at radius 3 is 1.04 bits per heavy atom. The van der Waals surface area contributed by atoms with Gasteiger partial charge in [0, 0.05) is 26.1 Å². The van der Waals surface area contributed by atoms with Crippen molar-refractivity contribution in [1.29, 1.82) is 0 Å². The summed E-state index contributed by atoms with van der Waals surface area (Å²) >= 11 is 0. The van der Waals surface area contributed by atoms with Crippen molar-refractivity contribution in [2.75, 3.05) is 6.61 Å². The smallest absolute Gasteiger partial charge is 0.0402 e. The normalized spacial score (nSPS) is 9.12. The van der Waals surface area contributed by atoms with Gasteiger partial charge in [0.25, 0.3) is 0 Å². The third-order valence-corrected chi connectivity index (χ3v) is 5.49. The molecule has 0 saturated heterocycles. The first kappa shape index (κ1) is 23.1. The molecular weight excluding hydrogens is 421 g/mol. The molecule has 129 valence electrons. The van der Waals surface area contributed by atoms with Gasteiger partial charge in [-0.3, -0.25) is 0 Å². The van der Waals surface area contributed by atoms with Gasteiger partial charge in [0.15, 0.2) is 0 Å². The molecule has 1 unspecified atom stereocenters. The van der Waals surface area contributed by atoms with Gasteiger partial charge in [-0.15, -0.1) is 0 Å². The van der Waals surface area contributed by atoms with E-state index in [1.54, 1.807) is 6.92 Å². The molecule has 1 nitrogen and oxygen atoms in total. The molecule has 4 heteroatoms. The Kier molecular flexibility index (Phi) is 12.9. The molecular formula is C20H24OP2Rh. The molecule has 1 N–H and O–H groups in total. The molecule has 0 saturated carbocycles. The Morgan fingerprint density at radius 2 is 0.833 bits per heavy atom. The predicted octanol–water partition coefficient (Wildman–Crippen LogP) is 3.50. The van der Waals surface area contributed by atoms with E-state index in [2.05, 4.69) is 91.0 Å². The van der Waals surface area contributed by atoms with Crippen LogP contribution in [-0.2, 0) is 19.5 Å². The van der Waals surface area contributed by atoms with E-state index in [0.29, 0.717) is 0 Å². The number of benzene rings is 3. The number of rotatable bonds is 3. The minimum atomic E-state index is -0.446. The van der Waals surface area contributed by atoms with Crippen molar-refractivity contribution in [2.45, 2.75) is 6.92 Å². The van der Waals surface area contributed by atoms with Gasteiger partial charge in [-0.1, -0.05) is 91.0 Å². The van der Waals surface area contributed by atoms with Crippen LogP contribution in [0.1, 0.15) is 6.92 Å². The Balaban J connectivity index is 0.000000988. The van der Waals surface area contributed by atoms with Crippen LogP contribution in [0.4, 0.5) is 0 Å².